The van der Waals surface area contributed by atoms with E-state index in [1.807, 2.05) is 0 Å². The van der Waals surface area contributed by atoms with Crippen LogP contribution in [0.5, 0.6) is 0 Å². The second kappa shape index (κ2) is 3.44. The van der Waals surface area contributed by atoms with E-state index in [-0.39, 0.29) is 11.7 Å². The zero-order chi connectivity index (χ0) is 11.1. The summed E-state index contributed by atoms with van der Waals surface area (Å²) in [6.45, 7) is 0. The van der Waals surface area contributed by atoms with Crippen LogP contribution in [0.2, 0.25) is 0 Å². The first-order valence-corrected chi connectivity index (χ1v) is 5.01. The van der Waals surface area contributed by atoms with Gasteiger partial charge in [-0.1, -0.05) is 0 Å². The average molecular weight is 232 g/mol. The number of nitrogens with one attached hydrogen (secondary N) is 1. The number of fused-ring (bicyclic) bond motifs is 1. The fourth-order valence-corrected chi connectivity index (χ4v) is 2.01. The van der Waals surface area contributed by atoms with Crippen molar-refractivity contribution in [3.63, 3.8) is 0 Å². The highest BCUT2D eigenvalue weighted by Gasteiger charge is 2.32. The molecule has 0 bridgehead atoms. The number of carbonyl (C=O) groups is 1. The maximum absolute atomic E-state index is 12.3. The summed E-state index contributed by atoms with van der Waals surface area (Å²) in [7, 11) is 0. The van der Waals surface area contributed by atoms with Crippen LogP contribution in [0.15, 0.2) is 17.0 Å². The van der Waals surface area contributed by atoms with Gasteiger partial charge in [-0.25, -0.2) is 0 Å². The molecule has 1 aliphatic rings. The van der Waals surface area contributed by atoms with Crippen LogP contribution in [-0.4, -0.2) is 11.7 Å². The van der Waals surface area contributed by atoms with E-state index in [9.17, 15) is 18.0 Å². The minimum absolute atomic E-state index is 0.147. The van der Waals surface area contributed by atoms with Gasteiger partial charge in [-0.05, 0) is 18.2 Å². The van der Waals surface area contributed by atoms with Crippen LogP contribution in [0.1, 0.15) is 5.56 Å². The normalized spacial score (nSPS) is 15.8. The number of carbonyl (C=O) groups excluding carboxylic acids is 1. The highest BCUT2D eigenvalue weighted by molar-refractivity contribution is 8.00. The predicted octanol–water partition coefficient (Wildman–Crippen LogP) is 2.55. The lowest BCUT2D eigenvalue weighted by Crippen LogP contribution is -2.19. The van der Waals surface area contributed by atoms with Crippen molar-refractivity contribution in [2.45, 2.75) is 11.1 Å². The third-order valence-electron chi connectivity index (χ3n) is 1.85. The summed E-state index contributed by atoms with van der Waals surface area (Å²) >= 11 is 1.10. The van der Waals surface area contributed by atoms with Crippen LogP contribution < -0.4 is 5.32 Å². The van der Waals surface area contributed by atoms with Gasteiger partial charge in [0.05, 0.1) is 17.0 Å². The number of halogens is 3. The van der Waals surface area contributed by atoms with Gasteiger partial charge in [0.1, 0.15) is 0 Å². The number of hydrogen-bond donors (Lipinski definition) is 1. The van der Waals surface area contributed by atoms with Gasteiger partial charge in [0.15, 0.2) is 0 Å². The number of amides is 1. The molecular formula is C9H5F3NOS. The first-order valence-electron chi connectivity index (χ1n) is 4.02. The smallest absolute Gasteiger partial charge is 0.324 e. The van der Waals surface area contributed by atoms with Gasteiger partial charge in [-0.2, -0.15) is 13.2 Å². The van der Waals surface area contributed by atoms with Gasteiger partial charge in [-0.3, -0.25) is 4.79 Å². The lowest BCUT2D eigenvalue weighted by Gasteiger charge is -2.17. The minimum Gasteiger partial charge on any atom is -0.324 e. The highest BCUT2D eigenvalue weighted by Crippen LogP contribution is 2.37. The molecule has 0 spiro atoms. The summed E-state index contributed by atoms with van der Waals surface area (Å²) in [4.78, 5) is 11.4. The molecule has 15 heavy (non-hydrogen) atoms. The van der Waals surface area contributed by atoms with Crippen LogP contribution in [0, 0.1) is 6.07 Å². The molecule has 0 fully saturated rings. The Hall–Kier alpha value is -1.17. The molecule has 6 heteroatoms. The van der Waals surface area contributed by atoms with Crippen LogP contribution >= 0.6 is 11.8 Å². The summed E-state index contributed by atoms with van der Waals surface area (Å²) in [5.74, 6) is -0.0606. The molecule has 0 atom stereocenters. The summed E-state index contributed by atoms with van der Waals surface area (Å²) in [5, 5.41) is 2.48. The van der Waals surface area contributed by atoms with E-state index in [0.29, 0.717) is 10.6 Å². The molecule has 2 nitrogen and oxygen atoms in total. The van der Waals surface area contributed by atoms with Crippen molar-refractivity contribution < 1.29 is 18.0 Å². The number of anilines is 1. The van der Waals surface area contributed by atoms with Gasteiger partial charge in [-0.15, -0.1) is 11.8 Å². The summed E-state index contributed by atoms with van der Waals surface area (Å²) in [5.41, 5.74) is -0.422. The van der Waals surface area contributed by atoms with E-state index in [0.717, 1.165) is 23.9 Å². The fourth-order valence-electron chi connectivity index (χ4n) is 1.18. The molecule has 0 saturated heterocycles. The molecule has 0 saturated carbocycles. The van der Waals surface area contributed by atoms with Crippen molar-refractivity contribution in [3.8, 4) is 0 Å². The number of alkyl halides is 3. The van der Waals surface area contributed by atoms with Crippen molar-refractivity contribution in [3.05, 3.63) is 23.8 Å². The number of hydrogen-bond acceptors (Lipinski definition) is 2. The van der Waals surface area contributed by atoms with Crippen molar-refractivity contribution in [2.24, 2.45) is 0 Å². The largest absolute Gasteiger partial charge is 0.417 e. The Balaban J connectivity index is 2.39. The molecule has 1 radical (unpaired) electrons. The van der Waals surface area contributed by atoms with E-state index in [1.54, 1.807) is 0 Å². The lowest BCUT2D eigenvalue weighted by atomic mass is 10.2. The minimum atomic E-state index is -4.39. The molecular weight excluding hydrogens is 227 g/mol. The molecule has 0 aromatic heterocycles. The molecule has 1 amide bonds. The first kappa shape index (κ1) is 10.4. The van der Waals surface area contributed by atoms with E-state index in [2.05, 4.69) is 11.4 Å². The first-order chi connectivity index (χ1) is 6.97. The zero-order valence-electron chi connectivity index (χ0n) is 7.31. The Bertz CT molecular complexity index is 416. The van der Waals surface area contributed by atoms with Crippen LogP contribution in [0.4, 0.5) is 18.9 Å². The van der Waals surface area contributed by atoms with E-state index in [4.69, 9.17) is 0 Å². The van der Waals surface area contributed by atoms with E-state index in [1.165, 1.54) is 0 Å². The summed E-state index contributed by atoms with van der Waals surface area (Å²) < 4.78 is 36.9. The predicted molar refractivity (Wildman–Crippen MR) is 49.6 cm³/mol. The van der Waals surface area contributed by atoms with Gasteiger partial charge in [0.2, 0.25) is 5.91 Å². The SMILES string of the molecule is O=C1CSc2cc(C(F)(F)F)[c]cc2N1. The van der Waals surface area contributed by atoms with Crippen molar-refractivity contribution in [2.75, 3.05) is 11.1 Å². The summed E-state index contributed by atoms with van der Waals surface area (Å²) in [6.07, 6.45) is -4.39. The second-order valence-corrected chi connectivity index (χ2v) is 3.98. The lowest BCUT2D eigenvalue weighted by molar-refractivity contribution is -0.137. The van der Waals surface area contributed by atoms with Crippen molar-refractivity contribution in [1.29, 1.82) is 0 Å². The molecule has 1 aliphatic heterocycles. The molecule has 1 aromatic rings. The second-order valence-electron chi connectivity index (χ2n) is 2.96. The average Bonchev–Trinajstić information content (AvgIpc) is 2.15. The van der Waals surface area contributed by atoms with Crippen molar-refractivity contribution >= 4 is 23.4 Å². The number of rotatable bonds is 0. The molecule has 79 valence electrons. The number of benzene rings is 1. The number of thioether (sulfide) groups is 1. The third kappa shape index (κ3) is 2.09. The molecule has 1 heterocycles. The van der Waals surface area contributed by atoms with Crippen molar-refractivity contribution in [1.82, 2.24) is 0 Å². The van der Waals surface area contributed by atoms with Gasteiger partial charge in [0, 0.05) is 4.90 Å². The Labute approximate surface area is 87.9 Å². The molecule has 2 rings (SSSR count). The van der Waals surface area contributed by atoms with Crippen LogP contribution in [-0.2, 0) is 11.0 Å². The Morgan fingerprint density at radius 1 is 1.47 bits per heavy atom. The molecule has 0 unspecified atom stereocenters. The topological polar surface area (TPSA) is 29.1 Å². The van der Waals surface area contributed by atoms with E-state index >= 15 is 0 Å². The monoisotopic (exact) mass is 232 g/mol. The standard InChI is InChI=1S/C9H5F3NOS/c10-9(11,12)5-1-2-6-7(3-5)15-4-8(14)13-6/h2-3H,4H2,(H,13,14). The Morgan fingerprint density at radius 3 is 2.87 bits per heavy atom. The summed E-state index contributed by atoms with van der Waals surface area (Å²) in [6, 6.07) is 4.26. The quantitative estimate of drug-likeness (QED) is 0.744. The van der Waals surface area contributed by atoms with Gasteiger partial charge in [0.25, 0.3) is 0 Å². The molecule has 0 aliphatic carbocycles. The zero-order valence-corrected chi connectivity index (χ0v) is 8.13. The Morgan fingerprint density at radius 2 is 2.20 bits per heavy atom. The highest BCUT2D eigenvalue weighted by atomic mass is 32.2. The maximum Gasteiger partial charge on any atom is 0.417 e. The van der Waals surface area contributed by atoms with Crippen LogP contribution in [0.25, 0.3) is 0 Å². The third-order valence-corrected chi connectivity index (χ3v) is 2.91. The van der Waals surface area contributed by atoms with Crippen LogP contribution in [0.3, 0.4) is 0 Å². The maximum atomic E-state index is 12.3. The Kier molecular flexibility index (Phi) is 2.38. The van der Waals surface area contributed by atoms with Gasteiger partial charge >= 0.3 is 6.18 Å². The molecule has 1 aromatic carbocycles. The van der Waals surface area contributed by atoms with E-state index < -0.39 is 11.7 Å². The fraction of sp³-hybridized carbons (Fsp3) is 0.222. The molecule has 1 N–H and O–H groups in total. The van der Waals surface area contributed by atoms with Gasteiger partial charge < -0.3 is 5.32 Å².